The van der Waals surface area contributed by atoms with Crippen LogP contribution in [0, 0.1) is 6.92 Å². The quantitative estimate of drug-likeness (QED) is 0.747. The van der Waals surface area contributed by atoms with E-state index in [2.05, 4.69) is 10.3 Å². The predicted molar refractivity (Wildman–Crippen MR) is 98.1 cm³/mol. The minimum absolute atomic E-state index is 0.00837. The van der Waals surface area contributed by atoms with Gasteiger partial charge >= 0.3 is 0 Å². The first kappa shape index (κ1) is 19.4. The number of carbonyl (C=O) groups excluding carboxylic acids is 1. The van der Waals surface area contributed by atoms with Crippen molar-refractivity contribution in [2.75, 3.05) is 18.4 Å². The highest BCUT2D eigenvalue weighted by molar-refractivity contribution is 7.89. The fourth-order valence-corrected chi connectivity index (χ4v) is 3.81. The molecule has 8 heteroatoms. The van der Waals surface area contributed by atoms with Crippen molar-refractivity contribution in [3.05, 3.63) is 53.3 Å². The van der Waals surface area contributed by atoms with Crippen LogP contribution in [0.25, 0.3) is 0 Å². The molecular weight excluding hydrogens is 362 g/mol. The number of amides is 1. The lowest BCUT2D eigenvalue weighted by Crippen LogP contribution is -2.38. The third-order valence-corrected chi connectivity index (χ3v) is 5.60. The lowest BCUT2D eigenvalue weighted by molar-refractivity contribution is -0.116. The largest absolute Gasteiger partial charge is 0.325 e. The van der Waals surface area contributed by atoms with Crippen LogP contribution >= 0.6 is 11.6 Å². The normalized spacial score (nSPS) is 11.5. The van der Waals surface area contributed by atoms with E-state index in [9.17, 15) is 13.2 Å². The molecule has 0 fully saturated rings. The molecule has 0 saturated heterocycles. The van der Waals surface area contributed by atoms with Crippen molar-refractivity contribution < 1.29 is 13.2 Å². The highest BCUT2D eigenvalue weighted by Crippen LogP contribution is 2.18. The van der Waals surface area contributed by atoms with Gasteiger partial charge in [-0.1, -0.05) is 36.7 Å². The van der Waals surface area contributed by atoms with Crippen LogP contribution in [0.15, 0.2) is 47.5 Å². The van der Waals surface area contributed by atoms with Crippen LogP contribution in [-0.4, -0.2) is 36.7 Å². The van der Waals surface area contributed by atoms with Gasteiger partial charge in [0.2, 0.25) is 15.9 Å². The smallest absolute Gasteiger partial charge is 0.245 e. The molecule has 1 N–H and O–H groups in total. The Hall–Kier alpha value is -1.96. The summed E-state index contributed by atoms with van der Waals surface area (Å²) in [5.41, 5.74) is 1.57. The van der Waals surface area contributed by atoms with Crippen LogP contribution in [0.4, 0.5) is 5.69 Å². The zero-order valence-electron chi connectivity index (χ0n) is 14.1. The standard InChI is InChI=1S/C17H20ClN3O3S/c1-3-10-21(25(23,24)14-8-9-16(18)19-11-14)12-17(22)20-15-7-5-4-6-13(15)2/h4-9,11H,3,10,12H2,1-2H3,(H,20,22). The Morgan fingerprint density at radius 1 is 1.24 bits per heavy atom. The number of hydrogen-bond donors (Lipinski definition) is 1. The topological polar surface area (TPSA) is 79.4 Å². The Morgan fingerprint density at radius 3 is 2.56 bits per heavy atom. The molecule has 2 rings (SSSR count). The molecule has 0 saturated carbocycles. The molecule has 0 aliphatic carbocycles. The molecule has 0 aliphatic rings. The van der Waals surface area contributed by atoms with E-state index >= 15 is 0 Å². The van der Waals surface area contributed by atoms with Crippen LogP contribution in [0.2, 0.25) is 5.15 Å². The number of aromatic nitrogens is 1. The van der Waals surface area contributed by atoms with Crippen molar-refractivity contribution in [1.82, 2.24) is 9.29 Å². The van der Waals surface area contributed by atoms with Crippen LogP contribution in [0.3, 0.4) is 0 Å². The summed E-state index contributed by atoms with van der Waals surface area (Å²) < 4.78 is 26.6. The lowest BCUT2D eigenvalue weighted by atomic mass is 10.2. The molecule has 134 valence electrons. The summed E-state index contributed by atoms with van der Waals surface area (Å²) in [5, 5.41) is 2.96. The number of anilines is 1. The molecule has 1 aromatic heterocycles. The first-order chi connectivity index (χ1) is 11.8. The molecule has 0 aliphatic heterocycles. The minimum atomic E-state index is -3.83. The second kappa shape index (κ2) is 8.42. The van der Waals surface area contributed by atoms with E-state index in [4.69, 9.17) is 11.6 Å². The Kier molecular flexibility index (Phi) is 6.52. The van der Waals surface area contributed by atoms with Crippen molar-refractivity contribution in [2.45, 2.75) is 25.2 Å². The zero-order chi connectivity index (χ0) is 18.4. The fourth-order valence-electron chi connectivity index (χ4n) is 2.26. The van der Waals surface area contributed by atoms with Gasteiger partial charge in [0.05, 0.1) is 6.54 Å². The number of nitrogens with one attached hydrogen (secondary N) is 1. The molecule has 25 heavy (non-hydrogen) atoms. The number of nitrogens with zero attached hydrogens (tertiary/aromatic N) is 2. The fraction of sp³-hybridized carbons (Fsp3) is 0.294. The van der Waals surface area contributed by atoms with Crippen molar-refractivity contribution >= 4 is 33.2 Å². The lowest BCUT2D eigenvalue weighted by Gasteiger charge is -2.21. The van der Waals surface area contributed by atoms with E-state index in [1.165, 1.54) is 18.3 Å². The van der Waals surface area contributed by atoms with Crippen LogP contribution in [0.5, 0.6) is 0 Å². The average Bonchev–Trinajstić information content (AvgIpc) is 2.57. The van der Waals surface area contributed by atoms with Gasteiger partial charge in [-0.05, 0) is 37.1 Å². The average molecular weight is 382 g/mol. The van der Waals surface area contributed by atoms with Gasteiger partial charge in [-0.2, -0.15) is 4.31 Å². The van der Waals surface area contributed by atoms with E-state index in [1.54, 1.807) is 6.07 Å². The summed E-state index contributed by atoms with van der Waals surface area (Å²) in [6, 6.07) is 10.1. The van der Waals surface area contributed by atoms with Crippen LogP contribution < -0.4 is 5.32 Å². The molecule has 1 heterocycles. The van der Waals surface area contributed by atoms with E-state index in [0.717, 1.165) is 9.87 Å². The predicted octanol–water partition coefficient (Wildman–Crippen LogP) is 3.08. The summed E-state index contributed by atoms with van der Waals surface area (Å²) in [5.74, 6) is -0.395. The van der Waals surface area contributed by atoms with E-state index < -0.39 is 15.9 Å². The summed E-state index contributed by atoms with van der Waals surface area (Å²) >= 11 is 5.71. The molecule has 1 amide bonds. The number of sulfonamides is 1. The molecule has 0 bridgehead atoms. The van der Waals surface area contributed by atoms with E-state index in [-0.39, 0.29) is 23.1 Å². The van der Waals surface area contributed by atoms with Gasteiger partial charge in [-0.25, -0.2) is 13.4 Å². The van der Waals surface area contributed by atoms with Crippen molar-refractivity contribution in [1.29, 1.82) is 0 Å². The van der Waals surface area contributed by atoms with Gasteiger partial charge in [-0.3, -0.25) is 4.79 Å². The molecule has 0 unspecified atom stereocenters. The Balaban J connectivity index is 2.18. The molecule has 0 atom stereocenters. The molecule has 1 aromatic carbocycles. The van der Waals surface area contributed by atoms with Gasteiger partial charge in [0.15, 0.2) is 0 Å². The maximum absolute atomic E-state index is 12.8. The molecule has 0 spiro atoms. The summed E-state index contributed by atoms with van der Waals surface area (Å²) in [4.78, 5) is 16.1. The van der Waals surface area contributed by atoms with Gasteiger partial charge in [0.25, 0.3) is 0 Å². The van der Waals surface area contributed by atoms with E-state index in [0.29, 0.717) is 12.1 Å². The summed E-state index contributed by atoms with van der Waals surface area (Å²) in [6.07, 6.45) is 1.78. The van der Waals surface area contributed by atoms with Crippen LogP contribution in [0.1, 0.15) is 18.9 Å². The van der Waals surface area contributed by atoms with Gasteiger partial charge < -0.3 is 5.32 Å². The number of hydrogen-bond acceptors (Lipinski definition) is 4. The van der Waals surface area contributed by atoms with Crippen molar-refractivity contribution in [3.63, 3.8) is 0 Å². The van der Waals surface area contributed by atoms with E-state index in [1.807, 2.05) is 32.0 Å². The van der Waals surface area contributed by atoms with Gasteiger partial charge in [0, 0.05) is 18.4 Å². The van der Waals surface area contributed by atoms with Crippen LogP contribution in [-0.2, 0) is 14.8 Å². The second-order valence-corrected chi connectivity index (χ2v) is 7.84. The monoisotopic (exact) mass is 381 g/mol. The first-order valence-corrected chi connectivity index (χ1v) is 9.63. The van der Waals surface area contributed by atoms with Crippen molar-refractivity contribution in [2.24, 2.45) is 0 Å². The van der Waals surface area contributed by atoms with Gasteiger partial charge in [-0.15, -0.1) is 0 Å². The number of benzene rings is 1. The number of rotatable bonds is 7. The summed E-state index contributed by atoms with van der Waals surface area (Å²) in [7, 11) is -3.83. The number of carbonyl (C=O) groups is 1. The van der Waals surface area contributed by atoms with Crippen molar-refractivity contribution in [3.8, 4) is 0 Å². The molecule has 6 nitrogen and oxygen atoms in total. The molecule has 0 radical (unpaired) electrons. The summed E-state index contributed by atoms with van der Waals surface area (Å²) in [6.45, 7) is 3.68. The van der Waals surface area contributed by atoms with Gasteiger partial charge in [0.1, 0.15) is 10.0 Å². The Bertz CT molecular complexity index is 838. The zero-order valence-corrected chi connectivity index (χ0v) is 15.6. The number of aryl methyl sites for hydroxylation is 1. The maximum atomic E-state index is 12.8. The third-order valence-electron chi connectivity index (χ3n) is 3.55. The maximum Gasteiger partial charge on any atom is 0.245 e. The first-order valence-electron chi connectivity index (χ1n) is 7.81. The third kappa shape index (κ3) is 5.01. The molecule has 2 aromatic rings. The number of pyridine rings is 1. The highest BCUT2D eigenvalue weighted by Gasteiger charge is 2.26. The number of halogens is 1. The molecular formula is C17H20ClN3O3S. The Labute approximate surface area is 152 Å². The Morgan fingerprint density at radius 2 is 1.96 bits per heavy atom. The number of para-hydroxylation sites is 1. The SMILES string of the molecule is CCCN(CC(=O)Nc1ccccc1C)S(=O)(=O)c1ccc(Cl)nc1. The highest BCUT2D eigenvalue weighted by atomic mass is 35.5. The minimum Gasteiger partial charge on any atom is -0.325 e. The second-order valence-electron chi connectivity index (χ2n) is 5.52.